The van der Waals surface area contributed by atoms with Gasteiger partial charge in [0.05, 0.1) is 16.1 Å². The Labute approximate surface area is 94.3 Å². The third-order valence-corrected chi connectivity index (χ3v) is 2.57. The second-order valence-electron chi connectivity index (χ2n) is 4.67. The van der Waals surface area contributed by atoms with Crippen molar-refractivity contribution in [1.29, 1.82) is 0 Å². The number of rotatable bonds is 0. The molecule has 0 aliphatic heterocycles. The molecule has 0 unspecified atom stereocenters. The molecule has 0 spiro atoms. The highest BCUT2D eigenvalue weighted by atomic mass is 35.5. The number of pyridine rings is 2. The van der Waals surface area contributed by atoms with Crippen molar-refractivity contribution in [3.05, 3.63) is 35.1 Å². The maximum atomic E-state index is 5.85. The van der Waals surface area contributed by atoms with Crippen molar-refractivity contribution in [2.24, 2.45) is 0 Å². The minimum atomic E-state index is 0.0997. The Morgan fingerprint density at radius 3 is 2.27 bits per heavy atom. The van der Waals surface area contributed by atoms with Crippen molar-refractivity contribution in [3.8, 4) is 0 Å². The van der Waals surface area contributed by atoms with E-state index in [1.54, 1.807) is 6.20 Å². The standard InChI is InChI=1S/C12H13ClN2/c1-12(2,3)8-4-10-11(14-6-8)5-9(13)7-15-10/h4-7H,1-3H3. The van der Waals surface area contributed by atoms with Gasteiger partial charge in [0.2, 0.25) is 0 Å². The molecule has 2 aromatic rings. The lowest BCUT2D eigenvalue weighted by atomic mass is 9.88. The monoisotopic (exact) mass is 220 g/mol. The number of nitrogens with zero attached hydrogens (tertiary/aromatic N) is 2. The number of fused-ring (bicyclic) bond motifs is 1. The molecule has 2 heterocycles. The van der Waals surface area contributed by atoms with Crippen LogP contribution in [0.15, 0.2) is 24.5 Å². The molecule has 2 aromatic heterocycles. The smallest absolute Gasteiger partial charge is 0.0901 e. The Kier molecular flexibility index (Phi) is 2.39. The van der Waals surface area contributed by atoms with Gasteiger partial charge >= 0.3 is 0 Å². The molecule has 15 heavy (non-hydrogen) atoms. The minimum absolute atomic E-state index is 0.0997. The van der Waals surface area contributed by atoms with Crippen molar-refractivity contribution in [3.63, 3.8) is 0 Å². The minimum Gasteiger partial charge on any atom is -0.254 e. The Balaban J connectivity index is 2.62. The van der Waals surface area contributed by atoms with Gasteiger partial charge in [-0.1, -0.05) is 32.4 Å². The van der Waals surface area contributed by atoms with Crippen molar-refractivity contribution in [2.75, 3.05) is 0 Å². The van der Waals surface area contributed by atoms with Crippen LogP contribution >= 0.6 is 11.6 Å². The summed E-state index contributed by atoms with van der Waals surface area (Å²) in [5.41, 5.74) is 3.02. The van der Waals surface area contributed by atoms with E-state index in [4.69, 9.17) is 11.6 Å². The van der Waals surface area contributed by atoms with E-state index >= 15 is 0 Å². The van der Waals surface area contributed by atoms with Crippen LogP contribution in [0.3, 0.4) is 0 Å². The molecule has 2 nitrogen and oxygen atoms in total. The summed E-state index contributed by atoms with van der Waals surface area (Å²) in [4.78, 5) is 8.62. The summed E-state index contributed by atoms with van der Waals surface area (Å²) in [5.74, 6) is 0. The molecule has 78 valence electrons. The Bertz CT molecular complexity index is 500. The highest BCUT2D eigenvalue weighted by Gasteiger charge is 2.14. The summed E-state index contributed by atoms with van der Waals surface area (Å²) in [6.45, 7) is 6.48. The fraction of sp³-hybridized carbons (Fsp3) is 0.333. The third kappa shape index (κ3) is 2.10. The van der Waals surface area contributed by atoms with Crippen molar-refractivity contribution in [2.45, 2.75) is 26.2 Å². The fourth-order valence-corrected chi connectivity index (χ4v) is 1.54. The van der Waals surface area contributed by atoms with E-state index in [0.29, 0.717) is 5.02 Å². The SMILES string of the molecule is CC(C)(C)c1cnc2cc(Cl)cnc2c1. The summed E-state index contributed by atoms with van der Waals surface area (Å²) >= 11 is 5.85. The van der Waals surface area contributed by atoms with Crippen LogP contribution in [0.1, 0.15) is 26.3 Å². The Morgan fingerprint density at radius 1 is 1.00 bits per heavy atom. The predicted molar refractivity (Wildman–Crippen MR) is 63.2 cm³/mol. The molecule has 3 heteroatoms. The van der Waals surface area contributed by atoms with Gasteiger partial charge in [0.25, 0.3) is 0 Å². The van der Waals surface area contributed by atoms with Crippen molar-refractivity contribution >= 4 is 22.6 Å². The Hall–Kier alpha value is -1.15. The molecular weight excluding hydrogens is 208 g/mol. The molecule has 0 aromatic carbocycles. The molecule has 0 aliphatic carbocycles. The van der Waals surface area contributed by atoms with E-state index in [-0.39, 0.29) is 5.41 Å². The number of aromatic nitrogens is 2. The largest absolute Gasteiger partial charge is 0.254 e. The quantitative estimate of drug-likeness (QED) is 0.678. The lowest BCUT2D eigenvalue weighted by Gasteiger charge is -2.18. The van der Waals surface area contributed by atoms with Crippen LogP contribution in [0.25, 0.3) is 11.0 Å². The molecule has 0 bridgehead atoms. The number of hydrogen-bond donors (Lipinski definition) is 0. The summed E-state index contributed by atoms with van der Waals surface area (Å²) in [6, 6.07) is 3.90. The highest BCUT2D eigenvalue weighted by Crippen LogP contribution is 2.24. The molecule has 0 amide bonds. The summed E-state index contributed by atoms with van der Waals surface area (Å²) in [7, 11) is 0. The van der Waals surface area contributed by atoms with E-state index in [1.165, 1.54) is 5.56 Å². The van der Waals surface area contributed by atoms with Gasteiger partial charge < -0.3 is 0 Å². The molecule has 0 N–H and O–H groups in total. The summed E-state index contributed by atoms with van der Waals surface area (Å²) in [5, 5.41) is 0.624. The summed E-state index contributed by atoms with van der Waals surface area (Å²) < 4.78 is 0. The maximum Gasteiger partial charge on any atom is 0.0901 e. The van der Waals surface area contributed by atoms with Gasteiger partial charge in [-0.2, -0.15) is 0 Å². The average Bonchev–Trinajstić information content (AvgIpc) is 2.15. The first-order chi connectivity index (χ1) is 6.97. The van der Waals surface area contributed by atoms with Crippen LogP contribution in [0.4, 0.5) is 0 Å². The molecule has 0 aliphatic rings. The van der Waals surface area contributed by atoms with Gasteiger partial charge in [-0.3, -0.25) is 9.97 Å². The Morgan fingerprint density at radius 2 is 1.60 bits per heavy atom. The fourth-order valence-electron chi connectivity index (χ4n) is 1.39. The van der Waals surface area contributed by atoms with Gasteiger partial charge in [0, 0.05) is 12.4 Å². The zero-order chi connectivity index (χ0) is 11.1. The third-order valence-electron chi connectivity index (χ3n) is 2.36. The molecule has 0 saturated carbocycles. The molecule has 0 saturated heterocycles. The number of hydrogen-bond acceptors (Lipinski definition) is 2. The second kappa shape index (κ2) is 3.46. The predicted octanol–water partition coefficient (Wildman–Crippen LogP) is 3.58. The van der Waals surface area contributed by atoms with Crippen molar-refractivity contribution < 1.29 is 0 Å². The molecule has 0 atom stereocenters. The zero-order valence-corrected chi connectivity index (χ0v) is 9.84. The van der Waals surface area contributed by atoms with Gasteiger partial charge in [-0.05, 0) is 23.1 Å². The maximum absolute atomic E-state index is 5.85. The van der Waals surface area contributed by atoms with Gasteiger partial charge in [0.15, 0.2) is 0 Å². The zero-order valence-electron chi connectivity index (χ0n) is 9.08. The molecule has 0 fully saturated rings. The van der Waals surface area contributed by atoms with Crippen LogP contribution in [0.5, 0.6) is 0 Å². The molecular formula is C12H13ClN2. The first-order valence-electron chi connectivity index (χ1n) is 4.88. The highest BCUT2D eigenvalue weighted by molar-refractivity contribution is 6.31. The van der Waals surface area contributed by atoms with Crippen LogP contribution in [0.2, 0.25) is 5.02 Å². The first-order valence-corrected chi connectivity index (χ1v) is 5.26. The number of halogens is 1. The van der Waals surface area contributed by atoms with Crippen LogP contribution in [-0.4, -0.2) is 9.97 Å². The summed E-state index contributed by atoms with van der Waals surface area (Å²) in [6.07, 6.45) is 3.54. The van der Waals surface area contributed by atoms with E-state index in [0.717, 1.165) is 11.0 Å². The molecule has 0 radical (unpaired) electrons. The lowest BCUT2D eigenvalue weighted by Crippen LogP contribution is -2.11. The van der Waals surface area contributed by atoms with E-state index in [9.17, 15) is 0 Å². The topological polar surface area (TPSA) is 25.8 Å². The first kappa shape index (κ1) is 10.4. The van der Waals surface area contributed by atoms with Crippen LogP contribution < -0.4 is 0 Å². The van der Waals surface area contributed by atoms with E-state index < -0.39 is 0 Å². The average molecular weight is 221 g/mol. The van der Waals surface area contributed by atoms with Gasteiger partial charge in [-0.15, -0.1) is 0 Å². The van der Waals surface area contributed by atoms with E-state index in [2.05, 4.69) is 36.8 Å². The lowest BCUT2D eigenvalue weighted by molar-refractivity contribution is 0.588. The second-order valence-corrected chi connectivity index (χ2v) is 5.10. The normalized spacial score (nSPS) is 12.0. The molecule has 2 rings (SSSR count). The van der Waals surface area contributed by atoms with Crippen LogP contribution in [0, 0.1) is 0 Å². The van der Waals surface area contributed by atoms with Crippen LogP contribution in [-0.2, 0) is 5.41 Å². The van der Waals surface area contributed by atoms with E-state index in [1.807, 2.05) is 12.3 Å². The van der Waals surface area contributed by atoms with Gasteiger partial charge in [0.1, 0.15) is 0 Å². The van der Waals surface area contributed by atoms with Crippen molar-refractivity contribution in [1.82, 2.24) is 9.97 Å². The van der Waals surface area contributed by atoms with Gasteiger partial charge in [-0.25, -0.2) is 0 Å².